The summed E-state index contributed by atoms with van der Waals surface area (Å²) in [5.74, 6) is -0.142. The van der Waals surface area contributed by atoms with Crippen LogP contribution in [0.5, 0.6) is 5.75 Å². The summed E-state index contributed by atoms with van der Waals surface area (Å²) in [6.07, 6.45) is 0. The van der Waals surface area contributed by atoms with E-state index in [0.29, 0.717) is 12.4 Å². The summed E-state index contributed by atoms with van der Waals surface area (Å²) in [5.41, 5.74) is 1.78. The van der Waals surface area contributed by atoms with Gasteiger partial charge in [-0.1, -0.05) is 12.1 Å². The minimum absolute atomic E-state index is 0.0442. The molecule has 0 aliphatic heterocycles. The van der Waals surface area contributed by atoms with Gasteiger partial charge in [0.2, 0.25) is 0 Å². The fourth-order valence-corrected chi connectivity index (χ4v) is 2.33. The highest BCUT2D eigenvalue weighted by Gasteiger charge is 2.08. The Morgan fingerprint density at radius 3 is 2.72 bits per heavy atom. The lowest BCUT2D eigenvalue weighted by molar-refractivity contribution is 0.301. The maximum absolute atomic E-state index is 13.2. The van der Waals surface area contributed by atoms with E-state index >= 15 is 0 Å². The number of nitrogens with zero attached hydrogens (tertiary/aromatic N) is 2. The number of hydrogen-bond donors (Lipinski definition) is 2. The van der Waals surface area contributed by atoms with Gasteiger partial charge in [-0.15, -0.1) is 0 Å². The molecule has 5 nitrogen and oxygen atoms in total. The molecule has 0 spiro atoms. The Labute approximate surface area is 144 Å². The zero-order valence-electron chi connectivity index (χ0n) is 13.9. The van der Waals surface area contributed by atoms with E-state index in [1.54, 1.807) is 0 Å². The number of halogens is 2. The standard InChI is InChI=1S/C18H18F2N4O/c1-11(10-25-15-6-7-16(19)17(20)9-15)21-14-5-3-4-13(8-14)18-22-12(2)23-24-18/h3-9,11,21H,10H2,1-2H3,(H,22,23,24)/t11-/m1/s1. The lowest BCUT2D eigenvalue weighted by Crippen LogP contribution is -2.23. The third-order valence-corrected chi connectivity index (χ3v) is 3.52. The molecule has 2 aromatic carbocycles. The molecule has 3 aromatic rings. The van der Waals surface area contributed by atoms with Gasteiger partial charge >= 0.3 is 0 Å². The van der Waals surface area contributed by atoms with Gasteiger partial charge < -0.3 is 10.1 Å². The van der Waals surface area contributed by atoms with Crippen LogP contribution in [0.2, 0.25) is 0 Å². The van der Waals surface area contributed by atoms with Crippen LogP contribution < -0.4 is 10.1 Å². The molecule has 25 heavy (non-hydrogen) atoms. The number of ether oxygens (including phenoxy) is 1. The second-order valence-corrected chi connectivity index (χ2v) is 5.76. The van der Waals surface area contributed by atoms with Crippen LogP contribution in [0.3, 0.4) is 0 Å². The molecule has 0 saturated heterocycles. The fraction of sp³-hybridized carbons (Fsp3) is 0.222. The Hall–Kier alpha value is -2.96. The number of H-pyrrole nitrogens is 1. The highest BCUT2D eigenvalue weighted by atomic mass is 19.2. The van der Waals surface area contributed by atoms with Crippen LogP contribution in [0.15, 0.2) is 42.5 Å². The summed E-state index contributed by atoms with van der Waals surface area (Å²) in [7, 11) is 0. The highest BCUT2D eigenvalue weighted by Crippen LogP contribution is 2.20. The predicted molar refractivity (Wildman–Crippen MR) is 91.5 cm³/mol. The van der Waals surface area contributed by atoms with E-state index in [2.05, 4.69) is 20.5 Å². The summed E-state index contributed by atoms with van der Waals surface area (Å²) in [6, 6.07) is 11.1. The minimum Gasteiger partial charge on any atom is -0.491 e. The second-order valence-electron chi connectivity index (χ2n) is 5.76. The molecule has 0 saturated carbocycles. The number of aromatic nitrogens is 3. The van der Waals surface area contributed by atoms with Crippen LogP contribution >= 0.6 is 0 Å². The van der Waals surface area contributed by atoms with Crippen LogP contribution in [0.1, 0.15) is 12.7 Å². The van der Waals surface area contributed by atoms with Crippen LogP contribution in [0, 0.1) is 18.6 Å². The first-order valence-corrected chi connectivity index (χ1v) is 7.85. The first-order chi connectivity index (χ1) is 12.0. The van der Waals surface area contributed by atoms with Gasteiger partial charge in [0.25, 0.3) is 0 Å². The topological polar surface area (TPSA) is 62.8 Å². The summed E-state index contributed by atoms with van der Waals surface area (Å²) in [4.78, 5) is 4.31. The number of nitrogens with one attached hydrogen (secondary N) is 2. The SMILES string of the molecule is Cc1nc(-c2cccc(N[C@H](C)COc3ccc(F)c(F)c3)c2)n[nH]1. The molecular formula is C18H18F2N4O. The molecule has 7 heteroatoms. The first-order valence-electron chi connectivity index (χ1n) is 7.85. The van der Waals surface area contributed by atoms with E-state index in [1.165, 1.54) is 6.07 Å². The Morgan fingerprint density at radius 1 is 1.16 bits per heavy atom. The lowest BCUT2D eigenvalue weighted by Gasteiger charge is -2.16. The normalized spacial score (nSPS) is 12.0. The third kappa shape index (κ3) is 4.32. The van der Waals surface area contributed by atoms with Crippen molar-refractivity contribution >= 4 is 5.69 Å². The number of anilines is 1. The van der Waals surface area contributed by atoms with Crippen molar-refractivity contribution in [3.05, 3.63) is 59.9 Å². The van der Waals surface area contributed by atoms with Gasteiger partial charge in [0.15, 0.2) is 17.5 Å². The van der Waals surface area contributed by atoms with Gasteiger partial charge in [-0.2, -0.15) is 5.10 Å². The Bertz CT molecular complexity index is 866. The van der Waals surface area contributed by atoms with E-state index in [9.17, 15) is 8.78 Å². The minimum atomic E-state index is -0.924. The Kier molecular flexibility index (Phi) is 4.92. The third-order valence-electron chi connectivity index (χ3n) is 3.52. The molecule has 1 atom stereocenters. The van der Waals surface area contributed by atoms with Gasteiger partial charge in [0.1, 0.15) is 18.2 Å². The maximum atomic E-state index is 13.2. The lowest BCUT2D eigenvalue weighted by atomic mass is 10.2. The zero-order chi connectivity index (χ0) is 17.8. The van der Waals surface area contributed by atoms with Gasteiger partial charge in [0.05, 0.1) is 6.04 Å². The van der Waals surface area contributed by atoms with Crippen molar-refractivity contribution in [3.8, 4) is 17.1 Å². The molecule has 1 heterocycles. The smallest absolute Gasteiger partial charge is 0.181 e. The van der Waals surface area contributed by atoms with Gasteiger partial charge in [-0.25, -0.2) is 13.8 Å². The molecule has 0 unspecified atom stereocenters. The van der Waals surface area contributed by atoms with Crippen molar-refractivity contribution in [2.75, 3.05) is 11.9 Å². The van der Waals surface area contributed by atoms with E-state index in [4.69, 9.17) is 4.74 Å². The highest BCUT2D eigenvalue weighted by molar-refractivity contribution is 5.62. The van der Waals surface area contributed by atoms with Crippen molar-refractivity contribution in [1.82, 2.24) is 15.2 Å². The zero-order valence-corrected chi connectivity index (χ0v) is 13.9. The average Bonchev–Trinajstić information content (AvgIpc) is 3.03. The molecule has 0 fully saturated rings. The number of benzene rings is 2. The van der Waals surface area contributed by atoms with E-state index in [1.807, 2.05) is 38.1 Å². The molecular weight excluding hydrogens is 326 g/mol. The van der Waals surface area contributed by atoms with Crippen LogP contribution in [-0.4, -0.2) is 27.8 Å². The van der Waals surface area contributed by atoms with Crippen molar-refractivity contribution in [2.24, 2.45) is 0 Å². The molecule has 2 N–H and O–H groups in total. The fourth-order valence-electron chi connectivity index (χ4n) is 2.33. The van der Waals surface area contributed by atoms with Gasteiger partial charge in [0, 0.05) is 17.3 Å². The summed E-state index contributed by atoms with van der Waals surface area (Å²) < 4.78 is 31.6. The average molecular weight is 344 g/mol. The molecule has 0 radical (unpaired) electrons. The predicted octanol–water partition coefficient (Wildman–Crippen LogP) is 3.94. The molecule has 0 aliphatic carbocycles. The maximum Gasteiger partial charge on any atom is 0.181 e. The van der Waals surface area contributed by atoms with E-state index < -0.39 is 11.6 Å². The molecule has 1 aromatic heterocycles. The van der Waals surface area contributed by atoms with Gasteiger partial charge in [-0.05, 0) is 38.1 Å². The van der Waals surface area contributed by atoms with E-state index in [0.717, 1.165) is 29.2 Å². The summed E-state index contributed by atoms with van der Waals surface area (Å²) >= 11 is 0. The molecule has 0 bridgehead atoms. The van der Waals surface area contributed by atoms with Crippen molar-refractivity contribution < 1.29 is 13.5 Å². The molecule has 3 rings (SSSR count). The second kappa shape index (κ2) is 7.29. The van der Waals surface area contributed by atoms with Crippen molar-refractivity contribution in [1.29, 1.82) is 0 Å². The first kappa shape index (κ1) is 16.9. The molecule has 0 aliphatic rings. The van der Waals surface area contributed by atoms with E-state index in [-0.39, 0.29) is 11.8 Å². The van der Waals surface area contributed by atoms with Crippen LogP contribution in [0.25, 0.3) is 11.4 Å². The van der Waals surface area contributed by atoms with Crippen LogP contribution in [-0.2, 0) is 0 Å². The number of aryl methyl sites for hydroxylation is 1. The quantitative estimate of drug-likeness (QED) is 0.711. The summed E-state index contributed by atoms with van der Waals surface area (Å²) in [6.45, 7) is 4.08. The van der Waals surface area contributed by atoms with Crippen LogP contribution in [0.4, 0.5) is 14.5 Å². The summed E-state index contributed by atoms with van der Waals surface area (Å²) in [5, 5.41) is 10.3. The van der Waals surface area contributed by atoms with Crippen molar-refractivity contribution in [2.45, 2.75) is 19.9 Å². The van der Waals surface area contributed by atoms with Crippen molar-refractivity contribution in [3.63, 3.8) is 0 Å². The number of aromatic amines is 1. The monoisotopic (exact) mass is 344 g/mol. The largest absolute Gasteiger partial charge is 0.491 e. The molecule has 0 amide bonds. The Balaban J connectivity index is 1.61. The number of hydrogen-bond acceptors (Lipinski definition) is 4. The Morgan fingerprint density at radius 2 is 2.00 bits per heavy atom. The van der Waals surface area contributed by atoms with Gasteiger partial charge in [-0.3, -0.25) is 5.10 Å². The molecule has 130 valence electrons. The number of rotatable bonds is 6.